The predicted octanol–water partition coefficient (Wildman–Crippen LogP) is 3.49. The van der Waals surface area contributed by atoms with Gasteiger partial charge in [-0.05, 0) is 38.4 Å². The van der Waals surface area contributed by atoms with Gasteiger partial charge in [0.2, 0.25) is 11.2 Å². The second-order valence-electron chi connectivity index (χ2n) is 5.64. The summed E-state index contributed by atoms with van der Waals surface area (Å²) in [6.45, 7) is 0.402. The van der Waals surface area contributed by atoms with Crippen molar-refractivity contribution < 1.29 is 18.7 Å². The molecule has 0 spiro atoms. The molecule has 0 radical (unpaired) electrons. The minimum Gasteiger partial charge on any atom is -0.507 e. The SMILES string of the molecule is CN(C)Cc1c(O)ccc2c(=O)c(Oc3ccccc3F)coc12. The number of nitrogens with zero attached hydrogens (tertiary/aromatic N) is 1. The third-order valence-corrected chi connectivity index (χ3v) is 3.52. The van der Waals surface area contributed by atoms with Crippen LogP contribution in [0.1, 0.15) is 5.56 Å². The minimum atomic E-state index is -0.573. The largest absolute Gasteiger partial charge is 0.507 e. The number of hydrogen-bond donors (Lipinski definition) is 1. The summed E-state index contributed by atoms with van der Waals surface area (Å²) in [6.07, 6.45) is 1.13. The van der Waals surface area contributed by atoms with Crippen molar-refractivity contribution in [3.63, 3.8) is 0 Å². The van der Waals surface area contributed by atoms with Crippen LogP contribution in [0.2, 0.25) is 0 Å². The number of halogens is 1. The number of aromatic hydroxyl groups is 1. The van der Waals surface area contributed by atoms with Crippen molar-refractivity contribution in [1.82, 2.24) is 4.90 Å². The first-order valence-electron chi connectivity index (χ1n) is 7.31. The van der Waals surface area contributed by atoms with Crippen LogP contribution in [0.5, 0.6) is 17.2 Å². The molecule has 0 atom stereocenters. The molecule has 6 heteroatoms. The van der Waals surface area contributed by atoms with E-state index in [1.165, 1.54) is 30.3 Å². The van der Waals surface area contributed by atoms with Gasteiger partial charge in [-0.3, -0.25) is 4.79 Å². The summed E-state index contributed by atoms with van der Waals surface area (Å²) in [4.78, 5) is 14.4. The highest BCUT2D eigenvalue weighted by Crippen LogP contribution is 2.29. The zero-order valence-corrected chi connectivity index (χ0v) is 13.2. The molecule has 0 aliphatic carbocycles. The third kappa shape index (κ3) is 2.96. The number of benzene rings is 2. The summed E-state index contributed by atoms with van der Waals surface area (Å²) in [6, 6.07) is 8.70. The van der Waals surface area contributed by atoms with Crippen LogP contribution in [0, 0.1) is 5.82 Å². The first-order chi connectivity index (χ1) is 11.5. The van der Waals surface area contributed by atoms with Gasteiger partial charge in [-0.1, -0.05) is 12.1 Å². The van der Waals surface area contributed by atoms with Crippen LogP contribution in [-0.4, -0.2) is 24.1 Å². The molecule has 2 aromatic carbocycles. The molecule has 3 rings (SSSR count). The molecule has 0 fully saturated rings. The van der Waals surface area contributed by atoms with Gasteiger partial charge in [0.1, 0.15) is 17.6 Å². The Labute approximate surface area is 137 Å². The summed E-state index contributed by atoms with van der Waals surface area (Å²) in [7, 11) is 3.68. The Morgan fingerprint density at radius 3 is 2.62 bits per heavy atom. The molecule has 5 nitrogen and oxygen atoms in total. The van der Waals surface area contributed by atoms with Crippen LogP contribution < -0.4 is 10.2 Å². The highest BCUT2D eigenvalue weighted by Gasteiger charge is 2.16. The molecule has 1 N–H and O–H groups in total. The molecule has 124 valence electrons. The van der Waals surface area contributed by atoms with Gasteiger partial charge >= 0.3 is 0 Å². The van der Waals surface area contributed by atoms with Crippen molar-refractivity contribution in [2.24, 2.45) is 0 Å². The number of ether oxygens (including phenoxy) is 1. The number of phenols is 1. The molecule has 1 heterocycles. The molecule has 0 aliphatic rings. The van der Waals surface area contributed by atoms with Gasteiger partial charge in [-0.2, -0.15) is 0 Å². The summed E-state index contributed by atoms with van der Waals surface area (Å²) in [5, 5.41) is 10.3. The molecule has 0 saturated carbocycles. The van der Waals surface area contributed by atoms with Crippen molar-refractivity contribution in [3.8, 4) is 17.2 Å². The topological polar surface area (TPSA) is 62.9 Å². The molecule has 0 amide bonds. The number of fused-ring (bicyclic) bond motifs is 1. The fourth-order valence-corrected chi connectivity index (χ4v) is 2.41. The molecule has 0 saturated heterocycles. The molecular weight excluding hydrogens is 313 g/mol. The molecule has 0 aliphatic heterocycles. The van der Waals surface area contributed by atoms with E-state index in [4.69, 9.17) is 9.15 Å². The molecule has 0 unspecified atom stereocenters. The van der Waals surface area contributed by atoms with E-state index < -0.39 is 11.2 Å². The Balaban J connectivity index is 2.11. The van der Waals surface area contributed by atoms with Crippen LogP contribution >= 0.6 is 0 Å². The van der Waals surface area contributed by atoms with Crippen molar-refractivity contribution >= 4 is 11.0 Å². The van der Waals surface area contributed by atoms with Crippen LogP contribution in [0.3, 0.4) is 0 Å². The van der Waals surface area contributed by atoms with Crippen molar-refractivity contribution in [2.45, 2.75) is 6.54 Å². The smallest absolute Gasteiger partial charge is 0.235 e. The van der Waals surface area contributed by atoms with Crippen LogP contribution in [0.4, 0.5) is 4.39 Å². The number of para-hydroxylation sites is 1. The summed E-state index contributed by atoms with van der Waals surface area (Å²) >= 11 is 0. The van der Waals surface area contributed by atoms with E-state index in [1.54, 1.807) is 6.07 Å². The third-order valence-electron chi connectivity index (χ3n) is 3.52. The number of rotatable bonds is 4. The lowest BCUT2D eigenvalue weighted by atomic mass is 10.1. The maximum atomic E-state index is 13.7. The normalized spacial score (nSPS) is 11.2. The molecule has 3 aromatic rings. The van der Waals surface area contributed by atoms with E-state index in [2.05, 4.69) is 0 Å². The van der Waals surface area contributed by atoms with E-state index in [0.29, 0.717) is 12.1 Å². The first-order valence-corrected chi connectivity index (χ1v) is 7.31. The van der Waals surface area contributed by atoms with Gasteiger partial charge in [-0.25, -0.2) is 4.39 Å². The lowest BCUT2D eigenvalue weighted by molar-refractivity contribution is 0.382. The molecule has 24 heavy (non-hydrogen) atoms. The van der Waals surface area contributed by atoms with Crippen LogP contribution in [0.15, 0.2) is 51.9 Å². The lowest BCUT2D eigenvalue weighted by Crippen LogP contribution is -2.12. The lowest BCUT2D eigenvalue weighted by Gasteiger charge is -2.13. The zero-order chi connectivity index (χ0) is 17.3. The maximum Gasteiger partial charge on any atom is 0.235 e. The van der Waals surface area contributed by atoms with Crippen LogP contribution in [0.25, 0.3) is 11.0 Å². The van der Waals surface area contributed by atoms with E-state index in [-0.39, 0.29) is 28.2 Å². The maximum absolute atomic E-state index is 13.7. The standard InChI is InChI=1S/C18H16FNO4/c1-20(2)9-12-14(21)8-7-11-17(22)16(10-23-18(11)12)24-15-6-4-3-5-13(15)19/h3-8,10,21H,9H2,1-2H3. The van der Waals surface area contributed by atoms with Crippen LogP contribution in [-0.2, 0) is 6.54 Å². The molecule has 1 aromatic heterocycles. The first kappa shape index (κ1) is 16.0. The Morgan fingerprint density at radius 2 is 1.92 bits per heavy atom. The van der Waals surface area contributed by atoms with Crippen molar-refractivity contribution in [3.05, 3.63) is 64.3 Å². The zero-order valence-electron chi connectivity index (χ0n) is 13.2. The van der Waals surface area contributed by atoms with Crippen molar-refractivity contribution in [2.75, 3.05) is 14.1 Å². The predicted molar refractivity (Wildman–Crippen MR) is 88.0 cm³/mol. The molecular formula is C18H16FNO4. The summed E-state index contributed by atoms with van der Waals surface area (Å²) in [5.41, 5.74) is 0.362. The van der Waals surface area contributed by atoms with Gasteiger partial charge in [-0.15, -0.1) is 0 Å². The van der Waals surface area contributed by atoms with Gasteiger partial charge < -0.3 is 19.2 Å². The Hall–Kier alpha value is -2.86. The summed E-state index contributed by atoms with van der Waals surface area (Å²) < 4.78 is 24.5. The van der Waals surface area contributed by atoms with E-state index >= 15 is 0 Å². The number of hydrogen-bond acceptors (Lipinski definition) is 5. The fourth-order valence-electron chi connectivity index (χ4n) is 2.41. The average Bonchev–Trinajstić information content (AvgIpc) is 2.54. The van der Waals surface area contributed by atoms with Crippen molar-refractivity contribution in [1.29, 1.82) is 0 Å². The Kier molecular flexibility index (Phi) is 4.22. The highest BCUT2D eigenvalue weighted by atomic mass is 19.1. The van der Waals surface area contributed by atoms with E-state index in [0.717, 1.165) is 6.26 Å². The average molecular weight is 329 g/mol. The van der Waals surface area contributed by atoms with Gasteiger partial charge in [0.25, 0.3) is 0 Å². The molecule has 0 bridgehead atoms. The second kappa shape index (κ2) is 6.33. The Bertz CT molecular complexity index is 949. The fraction of sp³-hybridized carbons (Fsp3) is 0.167. The highest BCUT2D eigenvalue weighted by molar-refractivity contribution is 5.83. The minimum absolute atomic E-state index is 0.0436. The van der Waals surface area contributed by atoms with E-state index in [9.17, 15) is 14.3 Å². The van der Waals surface area contributed by atoms with E-state index in [1.807, 2.05) is 19.0 Å². The quantitative estimate of drug-likeness (QED) is 0.794. The Morgan fingerprint density at radius 1 is 1.17 bits per heavy atom. The van der Waals surface area contributed by atoms with Gasteiger partial charge in [0, 0.05) is 6.54 Å². The summed E-state index contributed by atoms with van der Waals surface area (Å²) in [5.74, 6) is -0.705. The second-order valence-corrected chi connectivity index (χ2v) is 5.64. The monoisotopic (exact) mass is 329 g/mol. The van der Waals surface area contributed by atoms with Gasteiger partial charge in [0.15, 0.2) is 11.6 Å². The van der Waals surface area contributed by atoms with Gasteiger partial charge in [0.05, 0.1) is 10.9 Å². The number of phenolic OH excluding ortho intramolecular Hbond substituents is 1.